The van der Waals surface area contributed by atoms with Crippen molar-refractivity contribution in [2.75, 3.05) is 6.54 Å². The van der Waals surface area contributed by atoms with Gasteiger partial charge in [0.2, 0.25) is 0 Å². The Labute approximate surface area is 170 Å². The Morgan fingerprint density at radius 2 is 2.10 bits per heavy atom. The van der Waals surface area contributed by atoms with Gasteiger partial charge in [-0.1, -0.05) is 19.0 Å². The number of H-pyrrole nitrogens is 1. The fourth-order valence-corrected chi connectivity index (χ4v) is 3.94. The molecule has 1 saturated heterocycles. The number of aromatic amines is 1. The van der Waals surface area contributed by atoms with Crippen molar-refractivity contribution >= 4 is 5.91 Å². The Kier molecular flexibility index (Phi) is 5.02. The van der Waals surface area contributed by atoms with Crippen molar-refractivity contribution in [3.63, 3.8) is 0 Å². The zero-order valence-corrected chi connectivity index (χ0v) is 17.7. The van der Waals surface area contributed by atoms with E-state index in [0.717, 1.165) is 53.2 Å². The lowest BCUT2D eigenvalue weighted by molar-refractivity contribution is 0.0599. The molecule has 0 aromatic carbocycles. The molecule has 0 bridgehead atoms. The van der Waals surface area contributed by atoms with E-state index in [1.54, 1.807) is 4.68 Å². The summed E-state index contributed by atoms with van der Waals surface area (Å²) < 4.78 is 7.39. The van der Waals surface area contributed by atoms with Crippen LogP contribution in [0.5, 0.6) is 0 Å². The van der Waals surface area contributed by atoms with Gasteiger partial charge in [0, 0.05) is 31.0 Å². The van der Waals surface area contributed by atoms with Crippen LogP contribution >= 0.6 is 0 Å². The summed E-state index contributed by atoms with van der Waals surface area (Å²) in [5.41, 5.74) is 5.06. The first kappa shape index (κ1) is 19.4. The molecule has 3 aromatic heterocycles. The number of carbonyl (C=O) groups excluding carboxylic acids is 1. The normalized spacial score (nSPS) is 17.3. The number of carbonyl (C=O) groups is 1. The van der Waals surface area contributed by atoms with Gasteiger partial charge in [-0.25, -0.2) is 0 Å². The lowest BCUT2D eigenvalue weighted by atomic mass is 9.95. The van der Waals surface area contributed by atoms with E-state index >= 15 is 0 Å². The molecule has 8 heteroatoms. The van der Waals surface area contributed by atoms with Crippen LogP contribution in [0.4, 0.5) is 0 Å². The standard InChI is InChI=1S/C21H28N6O2/c1-12(2)16-10-17(23-22-16)21(28)27-9-7-6-8-18(27)19-15(11-26(5)24-19)20-13(3)14(4)25-29-20/h10-12,18H,6-9H2,1-5H3,(H,22,23). The van der Waals surface area contributed by atoms with Gasteiger partial charge in [0.15, 0.2) is 5.76 Å². The highest BCUT2D eigenvalue weighted by atomic mass is 16.5. The smallest absolute Gasteiger partial charge is 0.274 e. The van der Waals surface area contributed by atoms with Gasteiger partial charge in [0.1, 0.15) is 5.69 Å². The molecule has 154 valence electrons. The van der Waals surface area contributed by atoms with Crippen molar-refractivity contribution in [2.45, 2.75) is 58.9 Å². The Bertz CT molecular complexity index is 1030. The second kappa shape index (κ2) is 7.50. The Hall–Kier alpha value is -2.90. The molecule has 1 amide bonds. The monoisotopic (exact) mass is 396 g/mol. The molecule has 3 aromatic rings. The van der Waals surface area contributed by atoms with E-state index in [4.69, 9.17) is 9.62 Å². The van der Waals surface area contributed by atoms with E-state index in [1.165, 1.54) is 0 Å². The van der Waals surface area contributed by atoms with Crippen LogP contribution in [0.1, 0.15) is 78.2 Å². The average Bonchev–Trinajstić information content (AvgIpc) is 3.41. The lowest BCUT2D eigenvalue weighted by Gasteiger charge is -2.34. The number of likely N-dealkylation sites (tertiary alicyclic amines) is 1. The van der Waals surface area contributed by atoms with Gasteiger partial charge in [0.05, 0.1) is 23.0 Å². The van der Waals surface area contributed by atoms with Gasteiger partial charge in [-0.05, 0) is 45.1 Å². The van der Waals surface area contributed by atoms with E-state index in [9.17, 15) is 4.79 Å². The minimum absolute atomic E-state index is 0.0556. The molecule has 0 spiro atoms. The predicted molar refractivity (Wildman–Crippen MR) is 108 cm³/mol. The molecule has 0 aliphatic carbocycles. The second-order valence-corrected chi connectivity index (χ2v) is 8.20. The third-order valence-corrected chi connectivity index (χ3v) is 5.78. The summed E-state index contributed by atoms with van der Waals surface area (Å²) >= 11 is 0. The molecule has 1 fully saturated rings. The topological polar surface area (TPSA) is 92.8 Å². The fourth-order valence-electron chi connectivity index (χ4n) is 3.94. The molecule has 1 aliphatic rings. The molecule has 4 rings (SSSR count). The van der Waals surface area contributed by atoms with Crippen LogP contribution in [0.25, 0.3) is 11.3 Å². The van der Waals surface area contributed by atoms with Crippen LogP contribution in [0, 0.1) is 13.8 Å². The zero-order valence-electron chi connectivity index (χ0n) is 17.7. The highest BCUT2D eigenvalue weighted by Gasteiger charge is 2.34. The Morgan fingerprint density at radius 1 is 1.31 bits per heavy atom. The van der Waals surface area contributed by atoms with Crippen molar-refractivity contribution in [3.05, 3.63) is 40.6 Å². The van der Waals surface area contributed by atoms with Crippen LogP contribution in [-0.4, -0.2) is 42.5 Å². The minimum atomic E-state index is -0.114. The van der Waals surface area contributed by atoms with Crippen molar-refractivity contribution in [1.29, 1.82) is 0 Å². The average molecular weight is 396 g/mol. The van der Waals surface area contributed by atoms with Crippen LogP contribution < -0.4 is 0 Å². The molecular weight excluding hydrogens is 368 g/mol. The number of aryl methyl sites for hydroxylation is 2. The molecule has 4 heterocycles. The first-order valence-electron chi connectivity index (χ1n) is 10.2. The second-order valence-electron chi connectivity index (χ2n) is 8.20. The Morgan fingerprint density at radius 3 is 2.76 bits per heavy atom. The van der Waals surface area contributed by atoms with Gasteiger partial charge >= 0.3 is 0 Å². The van der Waals surface area contributed by atoms with Crippen LogP contribution in [0.2, 0.25) is 0 Å². The number of aromatic nitrogens is 5. The van der Waals surface area contributed by atoms with Gasteiger partial charge in [-0.15, -0.1) is 0 Å². The third-order valence-electron chi connectivity index (χ3n) is 5.78. The minimum Gasteiger partial charge on any atom is -0.356 e. The molecule has 8 nitrogen and oxygen atoms in total. The van der Waals surface area contributed by atoms with E-state index < -0.39 is 0 Å². The SMILES string of the molecule is Cc1noc(-c2cn(C)nc2C2CCCCN2C(=O)c2cc(C(C)C)[nH]n2)c1C. The maximum atomic E-state index is 13.3. The van der Waals surface area contributed by atoms with Gasteiger partial charge in [0.25, 0.3) is 5.91 Å². The molecule has 1 aliphatic heterocycles. The van der Waals surface area contributed by atoms with Crippen molar-refractivity contribution in [3.8, 4) is 11.3 Å². The van der Waals surface area contributed by atoms with Crippen LogP contribution in [0.3, 0.4) is 0 Å². The Balaban J connectivity index is 1.71. The lowest BCUT2D eigenvalue weighted by Crippen LogP contribution is -2.39. The van der Waals surface area contributed by atoms with Crippen LogP contribution in [0.15, 0.2) is 16.8 Å². The maximum Gasteiger partial charge on any atom is 0.274 e. The number of hydrogen-bond acceptors (Lipinski definition) is 5. The summed E-state index contributed by atoms with van der Waals surface area (Å²) in [5.74, 6) is 0.964. The number of hydrogen-bond donors (Lipinski definition) is 1. The number of amides is 1. The molecule has 0 radical (unpaired) electrons. The van der Waals surface area contributed by atoms with E-state index in [-0.39, 0.29) is 11.9 Å². The largest absolute Gasteiger partial charge is 0.356 e. The summed E-state index contributed by atoms with van der Waals surface area (Å²) in [4.78, 5) is 15.2. The first-order chi connectivity index (χ1) is 13.9. The number of nitrogens with one attached hydrogen (secondary N) is 1. The number of rotatable bonds is 4. The molecule has 0 saturated carbocycles. The highest BCUT2D eigenvalue weighted by molar-refractivity contribution is 5.93. The van der Waals surface area contributed by atoms with E-state index in [2.05, 4.69) is 29.2 Å². The zero-order chi connectivity index (χ0) is 20.7. The molecule has 1 N–H and O–H groups in total. The third kappa shape index (κ3) is 3.47. The molecular formula is C21H28N6O2. The fraction of sp³-hybridized carbons (Fsp3) is 0.524. The predicted octanol–water partition coefficient (Wildman–Crippen LogP) is 3.91. The quantitative estimate of drug-likeness (QED) is 0.722. The number of piperidine rings is 1. The van der Waals surface area contributed by atoms with Crippen molar-refractivity contribution in [1.82, 2.24) is 30.0 Å². The van der Waals surface area contributed by atoms with Crippen molar-refractivity contribution < 1.29 is 9.32 Å². The molecule has 1 atom stereocenters. The molecule has 29 heavy (non-hydrogen) atoms. The summed E-state index contributed by atoms with van der Waals surface area (Å²) in [6.07, 6.45) is 4.84. The van der Waals surface area contributed by atoms with E-state index in [1.807, 2.05) is 38.1 Å². The van der Waals surface area contributed by atoms with Gasteiger partial charge < -0.3 is 9.42 Å². The highest BCUT2D eigenvalue weighted by Crippen LogP contribution is 2.38. The summed E-state index contributed by atoms with van der Waals surface area (Å²) in [6, 6.07) is 1.75. The van der Waals surface area contributed by atoms with Crippen molar-refractivity contribution in [2.24, 2.45) is 7.05 Å². The van der Waals surface area contributed by atoms with Gasteiger partial charge in [-0.2, -0.15) is 10.2 Å². The molecule has 1 unspecified atom stereocenters. The van der Waals surface area contributed by atoms with E-state index in [0.29, 0.717) is 18.2 Å². The number of nitrogens with zero attached hydrogens (tertiary/aromatic N) is 5. The summed E-state index contributed by atoms with van der Waals surface area (Å²) in [5, 5.41) is 16.1. The maximum absolute atomic E-state index is 13.3. The first-order valence-corrected chi connectivity index (χ1v) is 10.2. The summed E-state index contributed by atoms with van der Waals surface area (Å²) in [7, 11) is 1.89. The van der Waals surface area contributed by atoms with Crippen LogP contribution in [-0.2, 0) is 7.05 Å². The van der Waals surface area contributed by atoms with Gasteiger partial charge in [-0.3, -0.25) is 14.6 Å². The summed E-state index contributed by atoms with van der Waals surface area (Å²) in [6.45, 7) is 8.77.